The Balaban J connectivity index is 1.50. The van der Waals surface area contributed by atoms with Crippen LogP contribution in [0.1, 0.15) is 11.1 Å². The molecule has 0 atom stereocenters. The van der Waals surface area contributed by atoms with E-state index in [-0.39, 0.29) is 17.3 Å². The molecule has 0 aliphatic heterocycles. The van der Waals surface area contributed by atoms with Gasteiger partial charge in [-0.1, -0.05) is 53.2 Å². The van der Waals surface area contributed by atoms with Gasteiger partial charge in [-0.2, -0.15) is 15.0 Å². The smallest absolute Gasteiger partial charge is 0.271 e. The third kappa shape index (κ3) is 7.00. The number of carbonyl (C=O) groups is 1. The summed E-state index contributed by atoms with van der Waals surface area (Å²) in [5.74, 6) is 0.304. The van der Waals surface area contributed by atoms with Crippen molar-refractivity contribution < 1.29 is 9.72 Å². The van der Waals surface area contributed by atoms with Crippen molar-refractivity contribution in [2.75, 3.05) is 21.7 Å². The Morgan fingerprint density at radius 1 is 0.833 bits per heavy atom. The monoisotopic (exact) mass is 501 g/mol. The first-order valence-electron chi connectivity index (χ1n) is 10.9. The lowest BCUT2D eigenvalue weighted by molar-refractivity contribution is -0.384. The number of nitro benzene ring substituents is 1. The first-order chi connectivity index (χ1) is 17.3. The zero-order chi connectivity index (χ0) is 25.5. The maximum Gasteiger partial charge on any atom is 0.271 e. The molecule has 1 aromatic heterocycles. The van der Waals surface area contributed by atoms with Crippen LogP contribution in [0.3, 0.4) is 0 Å². The maximum absolute atomic E-state index is 12.5. The fourth-order valence-corrected chi connectivity index (χ4v) is 3.72. The molecule has 1 heterocycles. The van der Waals surface area contributed by atoms with E-state index in [2.05, 4.69) is 30.9 Å². The van der Waals surface area contributed by atoms with Gasteiger partial charge >= 0.3 is 0 Å². The van der Waals surface area contributed by atoms with Crippen molar-refractivity contribution in [2.45, 2.75) is 19.0 Å². The highest BCUT2D eigenvalue weighted by molar-refractivity contribution is 7.99. The fourth-order valence-electron chi connectivity index (χ4n) is 3.09. The van der Waals surface area contributed by atoms with E-state index < -0.39 is 4.92 Å². The van der Waals surface area contributed by atoms with E-state index in [1.54, 1.807) is 6.07 Å². The summed E-state index contributed by atoms with van der Waals surface area (Å²) in [6.45, 7) is 4.01. The third-order valence-electron chi connectivity index (χ3n) is 4.90. The minimum absolute atomic E-state index is 0.000643. The second-order valence-corrected chi connectivity index (χ2v) is 8.83. The van der Waals surface area contributed by atoms with E-state index in [1.165, 1.54) is 18.2 Å². The van der Waals surface area contributed by atoms with Crippen LogP contribution in [0.5, 0.6) is 0 Å². The molecule has 4 rings (SSSR count). The molecular formula is C25H23N7O3S. The van der Waals surface area contributed by atoms with Gasteiger partial charge in [-0.15, -0.1) is 0 Å². The lowest BCUT2D eigenvalue weighted by Crippen LogP contribution is -2.14. The quantitative estimate of drug-likeness (QED) is 0.152. The molecule has 36 heavy (non-hydrogen) atoms. The molecule has 182 valence electrons. The number of aryl methyl sites for hydroxylation is 2. The Kier molecular flexibility index (Phi) is 7.71. The fraction of sp³-hybridized carbons (Fsp3) is 0.120. The van der Waals surface area contributed by atoms with Crippen molar-refractivity contribution in [3.63, 3.8) is 0 Å². The number of nitrogens with one attached hydrogen (secondary N) is 3. The minimum atomic E-state index is -0.514. The Morgan fingerprint density at radius 3 is 1.92 bits per heavy atom. The molecule has 0 aliphatic carbocycles. The SMILES string of the molecule is Cc1ccc(Nc2nc(Nc3ccc(C)cc3)nc(SCC(=O)Nc3cccc([N+](=O)[O-])c3)n2)cc1. The molecule has 3 N–H and O–H groups in total. The van der Waals surface area contributed by atoms with Gasteiger partial charge in [0.1, 0.15) is 0 Å². The zero-order valence-corrected chi connectivity index (χ0v) is 20.4. The second kappa shape index (κ2) is 11.3. The standard InChI is InChI=1S/C25H23N7O3S/c1-16-6-10-18(11-7-16)27-23-29-24(28-19-12-8-17(2)9-13-19)31-25(30-23)36-15-22(33)26-20-4-3-5-21(14-20)32(34)35/h3-14H,15H2,1-2H3,(H,26,33)(H2,27,28,29,30,31). The van der Waals surface area contributed by atoms with Crippen LogP contribution in [0, 0.1) is 24.0 Å². The molecule has 11 heteroatoms. The molecule has 4 aromatic rings. The van der Waals surface area contributed by atoms with Gasteiger partial charge in [-0.25, -0.2) is 0 Å². The lowest BCUT2D eigenvalue weighted by atomic mass is 10.2. The molecule has 0 bridgehead atoms. The zero-order valence-electron chi connectivity index (χ0n) is 19.6. The summed E-state index contributed by atoms with van der Waals surface area (Å²) in [5, 5.41) is 20.3. The molecule has 0 spiro atoms. The van der Waals surface area contributed by atoms with Crippen LogP contribution in [-0.2, 0) is 4.79 Å². The first-order valence-corrected chi connectivity index (χ1v) is 11.9. The largest absolute Gasteiger partial charge is 0.325 e. The first kappa shape index (κ1) is 24.6. The van der Waals surface area contributed by atoms with Gasteiger partial charge in [-0.3, -0.25) is 14.9 Å². The number of benzene rings is 3. The summed E-state index contributed by atoms with van der Waals surface area (Å²) < 4.78 is 0. The van der Waals surface area contributed by atoms with E-state index in [1.807, 2.05) is 62.4 Å². The maximum atomic E-state index is 12.5. The molecular weight excluding hydrogens is 478 g/mol. The van der Waals surface area contributed by atoms with Crippen molar-refractivity contribution in [1.82, 2.24) is 15.0 Å². The summed E-state index contributed by atoms with van der Waals surface area (Å²) in [4.78, 5) is 36.3. The summed E-state index contributed by atoms with van der Waals surface area (Å²) in [5.41, 5.74) is 4.12. The van der Waals surface area contributed by atoms with Crippen LogP contribution in [0.2, 0.25) is 0 Å². The van der Waals surface area contributed by atoms with Crippen LogP contribution in [0.25, 0.3) is 0 Å². The lowest BCUT2D eigenvalue weighted by Gasteiger charge is -2.11. The molecule has 0 unspecified atom stereocenters. The molecule has 0 aliphatic rings. The van der Waals surface area contributed by atoms with Gasteiger partial charge in [-0.05, 0) is 44.2 Å². The Labute approximate surface area is 211 Å². The number of carbonyl (C=O) groups excluding carboxylic acids is 1. The Morgan fingerprint density at radius 2 is 1.39 bits per heavy atom. The highest BCUT2D eigenvalue weighted by atomic mass is 32.2. The second-order valence-electron chi connectivity index (χ2n) is 7.89. The molecule has 10 nitrogen and oxygen atoms in total. The minimum Gasteiger partial charge on any atom is -0.325 e. The van der Waals surface area contributed by atoms with Gasteiger partial charge in [0.15, 0.2) is 5.16 Å². The van der Waals surface area contributed by atoms with Crippen LogP contribution < -0.4 is 16.0 Å². The summed E-state index contributed by atoms with van der Waals surface area (Å²) in [6.07, 6.45) is 0. The number of hydrogen-bond acceptors (Lipinski definition) is 9. The van der Waals surface area contributed by atoms with Gasteiger partial charge in [0.05, 0.1) is 10.7 Å². The van der Waals surface area contributed by atoms with Gasteiger partial charge < -0.3 is 16.0 Å². The van der Waals surface area contributed by atoms with E-state index in [9.17, 15) is 14.9 Å². The van der Waals surface area contributed by atoms with Crippen LogP contribution in [-0.4, -0.2) is 31.5 Å². The van der Waals surface area contributed by atoms with Crippen LogP contribution in [0.4, 0.5) is 34.6 Å². The van der Waals surface area contributed by atoms with E-state index in [0.717, 1.165) is 34.3 Å². The molecule has 0 saturated carbocycles. The molecule has 0 fully saturated rings. The van der Waals surface area contributed by atoms with E-state index in [4.69, 9.17) is 0 Å². The van der Waals surface area contributed by atoms with Crippen molar-refractivity contribution in [2.24, 2.45) is 0 Å². The van der Waals surface area contributed by atoms with Crippen LogP contribution in [0.15, 0.2) is 78.0 Å². The van der Waals surface area contributed by atoms with Crippen molar-refractivity contribution in [3.8, 4) is 0 Å². The number of nitro groups is 1. The number of rotatable bonds is 9. The molecule has 3 aromatic carbocycles. The highest BCUT2D eigenvalue weighted by Gasteiger charge is 2.12. The summed E-state index contributed by atoms with van der Waals surface area (Å²) in [6, 6.07) is 21.4. The topological polar surface area (TPSA) is 135 Å². The molecule has 0 radical (unpaired) electrons. The van der Waals surface area contributed by atoms with Gasteiger partial charge in [0.2, 0.25) is 17.8 Å². The predicted octanol–water partition coefficient (Wildman–Crippen LogP) is 5.61. The number of amides is 1. The summed E-state index contributed by atoms with van der Waals surface area (Å²) >= 11 is 1.12. The third-order valence-corrected chi connectivity index (χ3v) is 5.75. The average Bonchev–Trinajstić information content (AvgIpc) is 2.86. The number of hydrogen-bond donors (Lipinski definition) is 3. The number of aromatic nitrogens is 3. The highest BCUT2D eigenvalue weighted by Crippen LogP contribution is 2.23. The molecule has 0 saturated heterocycles. The average molecular weight is 502 g/mol. The van der Waals surface area contributed by atoms with E-state index in [0.29, 0.717) is 22.7 Å². The van der Waals surface area contributed by atoms with Gasteiger partial charge in [0, 0.05) is 29.2 Å². The predicted molar refractivity (Wildman–Crippen MR) is 141 cm³/mol. The number of nitrogens with zero attached hydrogens (tertiary/aromatic N) is 4. The number of thioether (sulfide) groups is 1. The Bertz CT molecular complexity index is 1310. The normalized spacial score (nSPS) is 10.5. The van der Waals surface area contributed by atoms with Crippen LogP contribution >= 0.6 is 11.8 Å². The summed E-state index contributed by atoms with van der Waals surface area (Å²) in [7, 11) is 0. The number of anilines is 5. The van der Waals surface area contributed by atoms with Gasteiger partial charge in [0.25, 0.3) is 5.69 Å². The van der Waals surface area contributed by atoms with E-state index >= 15 is 0 Å². The van der Waals surface area contributed by atoms with Crippen molar-refractivity contribution in [1.29, 1.82) is 0 Å². The van der Waals surface area contributed by atoms with Crippen molar-refractivity contribution in [3.05, 3.63) is 94.0 Å². The number of non-ortho nitro benzene ring substituents is 1. The Hall–Kier alpha value is -4.51. The van der Waals surface area contributed by atoms with Crippen molar-refractivity contribution >= 4 is 52.3 Å². The molecule has 1 amide bonds.